The molecule has 0 radical (unpaired) electrons. The van der Waals surface area contributed by atoms with Crippen LogP contribution >= 0.6 is 34.9 Å². The molecule has 0 saturated carbocycles. The zero-order valence-electron chi connectivity index (χ0n) is 13.6. The summed E-state index contributed by atoms with van der Waals surface area (Å²) in [6.45, 7) is 0.546. The summed E-state index contributed by atoms with van der Waals surface area (Å²) < 4.78 is 0. The fraction of sp³-hybridized carbons (Fsp3) is 0.353. The summed E-state index contributed by atoms with van der Waals surface area (Å²) in [6.07, 6.45) is 0.715. The Labute approximate surface area is 159 Å². The van der Waals surface area contributed by atoms with Crippen LogP contribution in [0.5, 0.6) is 0 Å². The number of rotatable bonds is 7. The Morgan fingerprint density at radius 3 is 2.92 bits per heavy atom. The zero-order chi connectivity index (χ0) is 17.5. The minimum Gasteiger partial charge on any atom is -0.354 e. The van der Waals surface area contributed by atoms with Gasteiger partial charge in [0.05, 0.1) is 22.8 Å². The van der Waals surface area contributed by atoms with E-state index in [1.165, 1.54) is 11.8 Å². The van der Waals surface area contributed by atoms with E-state index in [2.05, 4.69) is 10.3 Å². The van der Waals surface area contributed by atoms with Gasteiger partial charge < -0.3 is 10.2 Å². The molecule has 2 amide bonds. The molecule has 0 aliphatic carbocycles. The SMILES string of the molecule is O=C(NCCc1cscn1)C1CSCN1C(=O)CSc1ccccc1. The minimum absolute atomic E-state index is 0.0125. The average Bonchev–Trinajstić information content (AvgIpc) is 3.32. The van der Waals surface area contributed by atoms with Crippen molar-refractivity contribution in [3.05, 3.63) is 46.9 Å². The van der Waals surface area contributed by atoms with Crippen LogP contribution in [0.1, 0.15) is 5.69 Å². The van der Waals surface area contributed by atoms with Crippen molar-refractivity contribution in [3.63, 3.8) is 0 Å². The Kier molecular flexibility index (Phi) is 6.77. The summed E-state index contributed by atoms with van der Waals surface area (Å²) in [5.41, 5.74) is 2.77. The third-order valence-corrected chi connectivity index (χ3v) is 6.42. The number of hydrogen-bond acceptors (Lipinski definition) is 6. The second-order valence-corrected chi connectivity index (χ2v) is 8.27. The lowest BCUT2D eigenvalue weighted by molar-refractivity contribution is -0.136. The topological polar surface area (TPSA) is 62.3 Å². The number of nitrogens with zero attached hydrogens (tertiary/aromatic N) is 2. The van der Waals surface area contributed by atoms with Crippen molar-refractivity contribution < 1.29 is 9.59 Å². The number of nitrogens with one attached hydrogen (secondary N) is 1. The van der Waals surface area contributed by atoms with E-state index in [9.17, 15) is 9.59 Å². The van der Waals surface area contributed by atoms with Gasteiger partial charge in [-0.1, -0.05) is 18.2 Å². The van der Waals surface area contributed by atoms with Crippen LogP contribution in [-0.4, -0.2) is 51.7 Å². The number of benzene rings is 1. The highest BCUT2D eigenvalue weighted by molar-refractivity contribution is 8.00. The molecule has 132 valence electrons. The van der Waals surface area contributed by atoms with Gasteiger partial charge in [-0.3, -0.25) is 9.59 Å². The fourth-order valence-corrected chi connectivity index (χ4v) is 5.02. The Morgan fingerprint density at radius 2 is 2.16 bits per heavy atom. The average molecular weight is 394 g/mol. The largest absolute Gasteiger partial charge is 0.354 e. The number of hydrogen-bond donors (Lipinski definition) is 1. The molecule has 1 N–H and O–H groups in total. The van der Waals surface area contributed by atoms with Gasteiger partial charge in [-0.05, 0) is 12.1 Å². The Hall–Kier alpha value is -1.51. The lowest BCUT2D eigenvalue weighted by atomic mass is 10.2. The van der Waals surface area contributed by atoms with Gasteiger partial charge >= 0.3 is 0 Å². The lowest BCUT2D eigenvalue weighted by Crippen LogP contribution is -2.48. The molecule has 3 rings (SSSR count). The van der Waals surface area contributed by atoms with Crippen LogP contribution in [0.4, 0.5) is 0 Å². The molecule has 5 nitrogen and oxygen atoms in total. The minimum atomic E-state index is -0.371. The van der Waals surface area contributed by atoms with Crippen LogP contribution in [0.15, 0.2) is 46.1 Å². The molecule has 1 aromatic heterocycles. The standard InChI is InChI=1S/C17H19N3O2S3/c21-16(10-25-14-4-2-1-3-5-14)20-12-24-9-15(20)17(22)18-7-6-13-8-23-11-19-13/h1-5,8,11,15H,6-7,9-10,12H2,(H,18,22). The monoisotopic (exact) mass is 393 g/mol. The van der Waals surface area contributed by atoms with Crippen molar-refractivity contribution in [3.8, 4) is 0 Å². The van der Waals surface area contributed by atoms with Crippen LogP contribution < -0.4 is 5.32 Å². The van der Waals surface area contributed by atoms with Crippen LogP contribution in [0.25, 0.3) is 0 Å². The zero-order valence-corrected chi connectivity index (χ0v) is 16.0. The smallest absolute Gasteiger partial charge is 0.243 e. The summed E-state index contributed by atoms with van der Waals surface area (Å²) in [4.78, 5) is 31.9. The first kappa shape index (κ1) is 18.3. The van der Waals surface area contributed by atoms with Crippen molar-refractivity contribution in [2.75, 3.05) is 23.9 Å². The van der Waals surface area contributed by atoms with Crippen molar-refractivity contribution >= 4 is 46.7 Å². The maximum Gasteiger partial charge on any atom is 0.243 e. The molecular weight excluding hydrogens is 374 g/mol. The summed E-state index contributed by atoms with van der Waals surface area (Å²) in [5, 5.41) is 4.91. The highest BCUT2D eigenvalue weighted by Gasteiger charge is 2.34. The first-order valence-corrected chi connectivity index (χ1v) is 11.0. The van der Waals surface area contributed by atoms with E-state index >= 15 is 0 Å². The number of thioether (sulfide) groups is 2. The van der Waals surface area contributed by atoms with Crippen LogP contribution in [0, 0.1) is 0 Å². The third-order valence-electron chi connectivity index (χ3n) is 3.77. The van der Waals surface area contributed by atoms with Crippen molar-refractivity contribution in [1.29, 1.82) is 0 Å². The Bertz CT molecular complexity index is 694. The summed E-state index contributed by atoms with van der Waals surface area (Å²) in [5.74, 6) is 1.53. The molecule has 0 bridgehead atoms. The molecule has 1 atom stereocenters. The summed E-state index contributed by atoms with van der Waals surface area (Å²) >= 11 is 4.68. The first-order chi connectivity index (χ1) is 12.2. The number of carbonyl (C=O) groups excluding carboxylic acids is 2. The van der Waals surface area contributed by atoms with Crippen molar-refractivity contribution in [2.24, 2.45) is 0 Å². The van der Waals surface area contributed by atoms with Gasteiger partial charge in [-0.25, -0.2) is 4.98 Å². The van der Waals surface area contributed by atoms with Crippen LogP contribution in [0.2, 0.25) is 0 Å². The molecule has 8 heteroatoms. The fourth-order valence-electron chi connectivity index (χ4n) is 2.44. The van der Waals surface area contributed by atoms with Gasteiger partial charge in [0.2, 0.25) is 11.8 Å². The van der Waals surface area contributed by atoms with Gasteiger partial charge in [0.1, 0.15) is 6.04 Å². The molecule has 1 aromatic carbocycles. The maximum atomic E-state index is 12.5. The predicted octanol–water partition coefficient (Wildman–Crippen LogP) is 2.50. The van der Waals surface area contributed by atoms with E-state index < -0.39 is 0 Å². The van der Waals surface area contributed by atoms with E-state index in [1.807, 2.05) is 35.7 Å². The van der Waals surface area contributed by atoms with Gasteiger partial charge in [0.15, 0.2) is 0 Å². The maximum absolute atomic E-state index is 12.5. The number of amides is 2. The molecular formula is C17H19N3O2S3. The van der Waals surface area contributed by atoms with E-state index in [0.717, 1.165) is 10.6 Å². The first-order valence-electron chi connectivity index (χ1n) is 7.94. The Balaban J connectivity index is 1.47. The van der Waals surface area contributed by atoms with E-state index in [4.69, 9.17) is 0 Å². The highest BCUT2D eigenvalue weighted by atomic mass is 32.2. The molecule has 1 aliphatic heterocycles. The molecule has 25 heavy (non-hydrogen) atoms. The number of carbonyl (C=O) groups is 2. The predicted molar refractivity (Wildman–Crippen MR) is 104 cm³/mol. The normalized spacial score (nSPS) is 16.8. The number of aromatic nitrogens is 1. The Morgan fingerprint density at radius 1 is 1.32 bits per heavy atom. The molecule has 2 heterocycles. The lowest BCUT2D eigenvalue weighted by Gasteiger charge is -2.23. The molecule has 1 fully saturated rings. The van der Waals surface area contributed by atoms with E-state index in [1.54, 1.807) is 33.5 Å². The van der Waals surface area contributed by atoms with Gasteiger partial charge in [-0.15, -0.1) is 34.9 Å². The van der Waals surface area contributed by atoms with Crippen molar-refractivity contribution in [2.45, 2.75) is 17.4 Å². The second-order valence-electron chi connectivity index (χ2n) is 5.50. The molecule has 0 spiro atoms. The van der Waals surface area contributed by atoms with Crippen molar-refractivity contribution in [1.82, 2.24) is 15.2 Å². The molecule has 1 aliphatic rings. The van der Waals surface area contributed by atoms with E-state index in [0.29, 0.717) is 30.3 Å². The van der Waals surface area contributed by atoms with Gasteiger partial charge in [0, 0.05) is 29.0 Å². The molecule has 1 unspecified atom stereocenters. The molecule has 1 saturated heterocycles. The highest BCUT2D eigenvalue weighted by Crippen LogP contribution is 2.24. The van der Waals surface area contributed by atoms with Crippen LogP contribution in [-0.2, 0) is 16.0 Å². The van der Waals surface area contributed by atoms with Gasteiger partial charge in [-0.2, -0.15) is 0 Å². The number of thiazole rings is 1. The second kappa shape index (κ2) is 9.26. The van der Waals surface area contributed by atoms with Gasteiger partial charge in [0.25, 0.3) is 0 Å². The summed E-state index contributed by atoms with van der Waals surface area (Å²) in [7, 11) is 0. The van der Waals surface area contributed by atoms with Crippen LogP contribution in [0.3, 0.4) is 0 Å². The van der Waals surface area contributed by atoms with E-state index in [-0.39, 0.29) is 17.9 Å². The quantitative estimate of drug-likeness (QED) is 0.733. The summed E-state index contributed by atoms with van der Waals surface area (Å²) in [6, 6.07) is 9.46. The third kappa shape index (κ3) is 5.23. The molecule has 2 aromatic rings.